The van der Waals surface area contributed by atoms with Crippen molar-refractivity contribution in [2.45, 2.75) is 13.8 Å². The van der Waals surface area contributed by atoms with E-state index >= 15 is 0 Å². The first-order chi connectivity index (χ1) is 5.20. The molecule has 0 fully saturated rings. The van der Waals surface area contributed by atoms with Crippen LogP contribution in [0.2, 0.25) is 0 Å². The Kier molecular flexibility index (Phi) is 4.18. The minimum atomic E-state index is -1.03. The fraction of sp³-hybridized carbons (Fsp3) is 0.250. The Labute approximate surface area is 64.3 Å². The molecule has 0 heterocycles. The highest BCUT2D eigenvalue weighted by molar-refractivity contribution is 5.21. The van der Waals surface area contributed by atoms with Crippen molar-refractivity contribution in [3.05, 3.63) is 29.8 Å². The smallest absolute Gasteiger partial charge is 0.162 e. The van der Waals surface area contributed by atoms with Gasteiger partial charge in [-0.15, -0.1) is 0 Å². The molecule has 0 saturated carbocycles. The van der Waals surface area contributed by atoms with Gasteiger partial charge in [0.15, 0.2) is 11.6 Å². The standard InChI is InChI=1S/C6H4F2O.C2H6/c7-5-2-1-4(9)3-6(5)8;1-2/h1-3,9H;1-2H3. The third kappa shape index (κ3) is 2.98. The second-order valence-electron chi connectivity index (χ2n) is 1.60. The quantitative estimate of drug-likeness (QED) is 0.618. The van der Waals surface area contributed by atoms with E-state index in [1.165, 1.54) is 0 Å². The van der Waals surface area contributed by atoms with Gasteiger partial charge >= 0.3 is 0 Å². The van der Waals surface area contributed by atoms with Crippen molar-refractivity contribution in [1.29, 1.82) is 0 Å². The maximum absolute atomic E-state index is 12.0. The summed E-state index contributed by atoms with van der Waals surface area (Å²) in [5.74, 6) is -2.25. The summed E-state index contributed by atoms with van der Waals surface area (Å²) in [6.07, 6.45) is 0. The van der Waals surface area contributed by atoms with Crippen LogP contribution in [-0.2, 0) is 0 Å². The first-order valence-electron chi connectivity index (χ1n) is 3.34. The summed E-state index contributed by atoms with van der Waals surface area (Å²) in [5, 5.41) is 8.53. The third-order valence-electron chi connectivity index (χ3n) is 0.903. The fourth-order valence-electron chi connectivity index (χ4n) is 0.485. The Morgan fingerprint density at radius 2 is 1.64 bits per heavy atom. The van der Waals surface area contributed by atoms with Gasteiger partial charge in [-0.25, -0.2) is 8.78 Å². The van der Waals surface area contributed by atoms with Gasteiger partial charge < -0.3 is 5.11 Å². The molecule has 1 aromatic rings. The Morgan fingerprint density at radius 1 is 1.09 bits per heavy atom. The van der Waals surface area contributed by atoms with Gasteiger partial charge in [0.2, 0.25) is 0 Å². The second kappa shape index (κ2) is 4.66. The molecule has 1 N–H and O–H groups in total. The Hall–Kier alpha value is -1.12. The van der Waals surface area contributed by atoms with Gasteiger partial charge in [0.25, 0.3) is 0 Å². The third-order valence-corrected chi connectivity index (χ3v) is 0.903. The maximum atomic E-state index is 12.0. The largest absolute Gasteiger partial charge is 0.508 e. The summed E-state index contributed by atoms with van der Waals surface area (Å²) >= 11 is 0. The summed E-state index contributed by atoms with van der Waals surface area (Å²) in [5.41, 5.74) is 0. The predicted octanol–water partition coefficient (Wildman–Crippen LogP) is 2.70. The summed E-state index contributed by atoms with van der Waals surface area (Å²) in [6, 6.07) is 2.67. The molecular formula is C8H10F2O. The minimum absolute atomic E-state index is 0.270. The van der Waals surface area contributed by atoms with E-state index in [4.69, 9.17) is 5.11 Å². The van der Waals surface area contributed by atoms with Crippen LogP contribution in [-0.4, -0.2) is 5.11 Å². The molecule has 0 unspecified atom stereocenters. The van der Waals surface area contributed by atoms with Crippen LogP contribution in [0.4, 0.5) is 8.78 Å². The number of hydrogen-bond acceptors (Lipinski definition) is 1. The van der Waals surface area contributed by atoms with Gasteiger partial charge in [-0.2, -0.15) is 0 Å². The normalized spacial score (nSPS) is 8.36. The van der Waals surface area contributed by atoms with Crippen LogP contribution in [0.25, 0.3) is 0 Å². The molecule has 1 aromatic carbocycles. The summed E-state index contributed by atoms with van der Waals surface area (Å²) in [6.45, 7) is 4.00. The van der Waals surface area contributed by atoms with E-state index in [9.17, 15) is 8.78 Å². The summed E-state index contributed by atoms with van der Waals surface area (Å²) in [7, 11) is 0. The number of rotatable bonds is 0. The predicted molar refractivity (Wildman–Crippen MR) is 39.4 cm³/mol. The van der Waals surface area contributed by atoms with Gasteiger partial charge in [-0.3, -0.25) is 0 Å². The van der Waals surface area contributed by atoms with Crippen LogP contribution >= 0.6 is 0 Å². The average molecular weight is 160 g/mol. The van der Waals surface area contributed by atoms with Crippen molar-refractivity contribution < 1.29 is 13.9 Å². The summed E-state index contributed by atoms with van der Waals surface area (Å²) in [4.78, 5) is 0. The SMILES string of the molecule is CC.Oc1ccc(F)c(F)c1. The number of aromatic hydroxyl groups is 1. The van der Waals surface area contributed by atoms with Crippen molar-refractivity contribution in [2.75, 3.05) is 0 Å². The van der Waals surface area contributed by atoms with Gasteiger partial charge in [-0.1, -0.05) is 13.8 Å². The molecule has 0 atom stereocenters. The molecule has 0 spiro atoms. The molecule has 1 nitrogen and oxygen atoms in total. The molecule has 0 aliphatic heterocycles. The fourth-order valence-corrected chi connectivity index (χ4v) is 0.485. The Balaban J connectivity index is 0.000000461. The molecule has 0 aliphatic carbocycles. The van der Waals surface area contributed by atoms with E-state index in [-0.39, 0.29) is 5.75 Å². The first-order valence-corrected chi connectivity index (χ1v) is 3.34. The van der Waals surface area contributed by atoms with E-state index < -0.39 is 11.6 Å². The molecule has 0 bridgehead atoms. The van der Waals surface area contributed by atoms with Crippen LogP contribution in [0, 0.1) is 11.6 Å². The van der Waals surface area contributed by atoms with Crippen LogP contribution in [0.15, 0.2) is 18.2 Å². The molecule has 0 aliphatic rings. The highest BCUT2D eigenvalue weighted by Crippen LogP contribution is 2.12. The molecule has 1 rings (SSSR count). The number of halogens is 2. The molecule has 0 aromatic heterocycles. The lowest BCUT2D eigenvalue weighted by Gasteiger charge is -1.90. The van der Waals surface area contributed by atoms with Crippen molar-refractivity contribution in [1.82, 2.24) is 0 Å². The van der Waals surface area contributed by atoms with Gasteiger partial charge in [-0.05, 0) is 12.1 Å². The summed E-state index contributed by atoms with van der Waals surface area (Å²) < 4.78 is 24.1. The molecule has 0 radical (unpaired) electrons. The minimum Gasteiger partial charge on any atom is -0.508 e. The zero-order valence-electron chi connectivity index (χ0n) is 6.44. The van der Waals surface area contributed by atoms with E-state index in [1.54, 1.807) is 0 Å². The van der Waals surface area contributed by atoms with Crippen molar-refractivity contribution in [3.63, 3.8) is 0 Å². The monoisotopic (exact) mass is 160 g/mol. The van der Waals surface area contributed by atoms with Crippen molar-refractivity contribution >= 4 is 0 Å². The van der Waals surface area contributed by atoms with E-state index in [1.807, 2.05) is 13.8 Å². The molecule has 11 heavy (non-hydrogen) atoms. The molecule has 62 valence electrons. The van der Waals surface area contributed by atoms with Crippen molar-refractivity contribution in [2.24, 2.45) is 0 Å². The lowest BCUT2D eigenvalue weighted by atomic mass is 10.3. The van der Waals surface area contributed by atoms with Crippen molar-refractivity contribution in [3.8, 4) is 5.75 Å². The lowest BCUT2D eigenvalue weighted by Crippen LogP contribution is -1.79. The number of phenols is 1. The lowest BCUT2D eigenvalue weighted by molar-refractivity contribution is 0.455. The zero-order valence-corrected chi connectivity index (χ0v) is 6.44. The number of phenolic OH excluding ortho intramolecular Hbond substituents is 1. The van der Waals surface area contributed by atoms with E-state index in [2.05, 4.69) is 0 Å². The highest BCUT2D eigenvalue weighted by Gasteiger charge is 1.99. The van der Waals surface area contributed by atoms with Gasteiger partial charge in [0.05, 0.1) is 0 Å². The maximum Gasteiger partial charge on any atom is 0.162 e. The molecular weight excluding hydrogens is 150 g/mol. The molecule has 0 saturated heterocycles. The van der Waals surface area contributed by atoms with Crippen LogP contribution < -0.4 is 0 Å². The van der Waals surface area contributed by atoms with Crippen LogP contribution in [0.3, 0.4) is 0 Å². The average Bonchev–Trinajstić information content (AvgIpc) is 2.02. The first kappa shape index (κ1) is 9.88. The molecule has 0 amide bonds. The number of benzene rings is 1. The van der Waals surface area contributed by atoms with E-state index in [0.717, 1.165) is 18.2 Å². The van der Waals surface area contributed by atoms with Gasteiger partial charge in [0.1, 0.15) is 5.75 Å². The Bertz CT molecular complexity index is 223. The number of hydrogen-bond donors (Lipinski definition) is 1. The van der Waals surface area contributed by atoms with E-state index in [0.29, 0.717) is 0 Å². The van der Waals surface area contributed by atoms with Gasteiger partial charge in [0, 0.05) is 6.07 Å². The second-order valence-corrected chi connectivity index (χ2v) is 1.60. The highest BCUT2D eigenvalue weighted by atomic mass is 19.2. The topological polar surface area (TPSA) is 20.2 Å². The Morgan fingerprint density at radius 3 is 2.00 bits per heavy atom. The van der Waals surface area contributed by atoms with Crippen LogP contribution in [0.1, 0.15) is 13.8 Å². The zero-order chi connectivity index (χ0) is 8.85. The molecule has 3 heteroatoms. The van der Waals surface area contributed by atoms with Crippen LogP contribution in [0.5, 0.6) is 5.75 Å².